The zero-order valence-corrected chi connectivity index (χ0v) is 3.73. The summed E-state index contributed by atoms with van der Waals surface area (Å²) in [5, 5.41) is 0. The van der Waals surface area contributed by atoms with Crippen LogP contribution in [0.25, 0.3) is 0 Å². The van der Waals surface area contributed by atoms with Crippen LogP contribution >= 0.6 is 0 Å². The van der Waals surface area contributed by atoms with Gasteiger partial charge in [-0.15, -0.1) is 0 Å². The van der Waals surface area contributed by atoms with Gasteiger partial charge >= 0.3 is 5.95 Å². The number of quaternary nitrogens is 1. The highest BCUT2D eigenvalue weighted by Gasteiger charge is 1.82. The first-order valence-electron chi connectivity index (χ1n) is 1.46. The Balaban J connectivity index is 2.99. The molecule has 0 saturated heterocycles. The molecule has 0 unspecified atom stereocenters. The Morgan fingerprint density at radius 2 is 2.33 bits per heavy atom. The number of rotatable bonds is 2. The quantitative estimate of drug-likeness (QED) is 0.359. The zero-order valence-electron chi connectivity index (χ0n) is 3.73. The van der Waals surface area contributed by atoms with Gasteiger partial charge in [0.15, 0.2) is 0 Å². The minimum atomic E-state index is 0.231. The summed E-state index contributed by atoms with van der Waals surface area (Å²) in [5.41, 5.74) is 0. The van der Waals surface area contributed by atoms with Gasteiger partial charge in [0.2, 0.25) is 0 Å². The second-order valence-electron chi connectivity index (χ2n) is 0.720. The van der Waals surface area contributed by atoms with Crippen molar-refractivity contribution in [2.75, 3.05) is 7.11 Å². The van der Waals surface area contributed by atoms with Gasteiger partial charge in [-0.25, -0.2) is 0 Å². The van der Waals surface area contributed by atoms with E-state index in [-0.39, 0.29) is 5.95 Å². The molecule has 0 aromatic carbocycles. The number of hydrogen-bond donors (Lipinski definition) is 1. The van der Waals surface area contributed by atoms with Crippen molar-refractivity contribution >= 4 is 0 Å². The number of methoxy groups -OCH3 is 1. The molecular weight excluding hydrogens is 82.0 g/mol. The zero-order chi connectivity index (χ0) is 4.99. The maximum absolute atomic E-state index is 4.42. The van der Waals surface area contributed by atoms with Crippen LogP contribution in [0.15, 0.2) is 12.5 Å². The van der Waals surface area contributed by atoms with Crippen molar-refractivity contribution in [1.82, 2.24) is 0 Å². The summed E-state index contributed by atoms with van der Waals surface area (Å²) in [7, 11) is 1.47. The van der Waals surface area contributed by atoms with E-state index in [1.807, 2.05) is 0 Å². The van der Waals surface area contributed by atoms with Gasteiger partial charge in [-0.1, -0.05) is 0 Å². The fourth-order valence-corrected chi connectivity index (χ4v) is 0.0589. The monoisotopic (exact) mass is 90.1 g/mol. The van der Waals surface area contributed by atoms with Crippen LogP contribution in [-0.2, 0) is 9.57 Å². The van der Waals surface area contributed by atoms with E-state index < -0.39 is 0 Å². The lowest BCUT2D eigenvalue weighted by Gasteiger charge is -1.92. The highest BCUT2D eigenvalue weighted by Crippen LogP contribution is 1.81. The first-order chi connectivity index (χ1) is 2.81. The molecular formula is C3H8NO2+. The Morgan fingerprint density at radius 3 is 2.33 bits per heavy atom. The molecule has 0 radical (unpaired) electrons. The molecule has 0 aromatic rings. The maximum Gasteiger partial charge on any atom is 0.334 e. The first-order valence-corrected chi connectivity index (χ1v) is 1.46. The predicted octanol–water partition coefficient (Wildman–Crippen LogP) is -0.723. The Morgan fingerprint density at radius 1 is 1.83 bits per heavy atom. The average Bonchev–Trinajstić information content (AvgIpc) is 1.65. The molecule has 0 heterocycles. The summed E-state index contributed by atoms with van der Waals surface area (Å²) < 4.78 is 4.42. The van der Waals surface area contributed by atoms with Crippen molar-refractivity contribution in [2.45, 2.75) is 0 Å². The molecule has 0 saturated carbocycles. The summed E-state index contributed by atoms with van der Waals surface area (Å²) in [4.78, 5) is 4.23. The minimum Gasteiger partial charge on any atom is -0.465 e. The second-order valence-corrected chi connectivity index (χ2v) is 0.720. The number of ether oxygens (including phenoxy) is 1. The molecule has 36 valence electrons. The lowest BCUT2D eigenvalue weighted by molar-refractivity contribution is -0.680. The van der Waals surface area contributed by atoms with Gasteiger partial charge in [0, 0.05) is 0 Å². The highest BCUT2D eigenvalue weighted by atomic mass is 16.7. The van der Waals surface area contributed by atoms with E-state index >= 15 is 0 Å². The van der Waals surface area contributed by atoms with Crippen LogP contribution in [0.4, 0.5) is 0 Å². The van der Waals surface area contributed by atoms with Crippen LogP contribution in [0, 0.1) is 0 Å². The molecule has 3 heteroatoms. The van der Waals surface area contributed by atoms with E-state index in [9.17, 15) is 0 Å². The van der Waals surface area contributed by atoms with E-state index in [0.717, 1.165) is 0 Å². The lowest BCUT2D eigenvalue weighted by atomic mass is 11.0. The number of hydrogen-bond acceptors (Lipinski definition) is 2. The Hall–Kier alpha value is -0.700. The van der Waals surface area contributed by atoms with Gasteiger partial charge in [-0.2, -0.15) is 5.90 Å². The summed E-state index contributed by atoms with van der Waals surface area (Å²) in [5.74, 6) is 3.26. The van der Waals surface area contributed by atoms with Gasteiger partial charge in [0.25, 0.3) is 0 Å². The lowest BCUT2D eigenvalue weighted by Crippen LogP contribution is -2.48. The molecule has 0 spiro atoms. The van der Waals surface area contributed by atoms with Gasteiger partial charge in [-0.05, 0) is 6.58 Å². The van der Waals surface area contributed by atoms with Crippen LogP contribution in [0.1, 0.15) is 0 Å². The average molecular weight is 90.1 g/mol. The largest absolute Gasteiger partial charge is 0.465 e. The molecule has 0 aromatic heterocycles. The minimum absolute atomic E-state index is 0.231. The smallest absolute Gasteiger partial charge is 0.334 e. The molecule has 0 aliphatic carbocycles. The topological polar surface area (TPSA) is 46.1 Å². The Kier molecular flexibility index (Phi) is 2.24. The van der Waals surface area contributed by atoms with Crippen LogP contribution in [0.5, 0.6) is 0 Å². The maximum atomic E-state index is 4.42. The molecule has 3 nitrogen and oxygen atoms in total. The van der Waals surface area contributed by atoms with Gasteiger partial charge in [-0.3, -0.25) is 4.84 Å². The molecule has 6 heavy (non-hydrogen) atoms. The summed E-state index contributed by atoms with van der Waals surface area (Å²) in [6.45, 7) is 3.28. The molecule has 0 atom stereocenters. The van der Waals surface area contributed by atoms with Crippen molar-refractivity contribution in [3.63, 3.8) is 0 Å². The Labute approximate surface area is 36.3 Å². The third kappa shape index (κ3) is 1.60. The van der Waals surface area contributed by atoms with Gasteiger partial charge in [0.1, 0.15) is 0 Å². The predicted molar refractivity (Wildman–Crippen MR) is 20.1 cm³/mol. The summed E-state index contributed by atoms with van der Waals surface area (Å²) in [6, 6.07) is 0. The van der Waals surface area contributed by atoms with Crippen molar-refractivity contribution in [3.05, 3.63) is 12.5 Å². The van der Waals surface area contributed by atoms with Crippen LogP contribution < -0.4 is 5.90 Å². The molecule has 0 amide bonds. The highest BCUT2D eigenvalue weighted by molar-refractivity contribution is 4.61. The molecule has 0 fully saturated rings. The van der Waals surface area contributed by atoms with Crippen molar-refractivity contribution in [1.29, 1.82) is 0 Å². The van der Waals surface area contributed by atoms with E-state index in [2.05, 4.69) is 22.1 Å². The fraction of sp³-hybridized carbons (Fsp3) is 0.333. The first kappa shape index (κ1) is 5.30. The van der Waals surface area contributed by atoms with Crippen molar-refractivity contribution in [2.24, 2.45) is 0 Å². The molecule has 0 bridgehead atoms. The van der Waals surface area contributed by atoms with E-state index in [1.165, 1.54) is 7.11 Å². The third-order valence-corrected chi connectivity index (χ3v) is 0.389. The molecule has 0 aliphatic rings. The van der Waals surface area contributed by atoms with E-state index in [1.54, 1.807) is 0 Å². The van der Waals surface area contributed by atoms with Gasteiger partial charge in [0.05, 0.1) is 7.11 Å². The SMILES string of the molecule is C=C(OC)O[NH3+]. The molecule has 0 rings (SSSR count). The molecule has 0 aliphatic heterocycles. The van der Waals surface area contributed by atoms with Crippen LogP contribution in [0.3, 0.4) is 0 Å². The fourth-order valence-electron chi connectivity index (χ4n) is 0.0589. The third-order valence-electron chi connectivity index (χ3n) is 0.389. The summed E-state index contributed by atoms with van der Waals surface area (Å²) in [6.07, 6.45) is 0. The van der Waals surface area contributed by atoms with E-state index in [0.29, 0.717) is 0 Å². The van der Waals surface area contributed by atoms with E-state index in [4.69, 9.17) is 0 Å². The second kappa shape index (κ2) is 2.53. The normalized spacial score (nSPS) is 7.00. The Bertz CT molecular complexity index is 46.8. The van der Waals surface area contributed by atoms with Crippen LogP contribution in [0.2, 0.25) is 0 Å². The molecule has 3 N–H and O–H groups in total. The van der Waals surface area contributed by atoms with Crippen molar-refractivity contribution < 1.29 is 15.5 Å². The van der Waals surface area contributed by atoms with Crippen molar-refractivity contribution in [3.8, 4) is 0 Å². The standard InChI is InChI=1S/C3H8NO2/c1-3(5-2)6-4/h1H2,2,4H3/q+1. The van der Waals surface area contributed by atoms with Crippen LogP contribution in [-0.4, -0.2) is 7.11 Å². The van der Waals surface area contributed by atoms with Gasteiger partial charge < -0.3 is 4.74 Å². The summed E-state index contributed by atoms with van der Waals surface area (Å²) >= 11 is 0.